The molecular weight excluding hydrogens is 438 g/mol. The Morgan fingerprint density at radius 3 is 2.44 bits per heavy atom. The zero-order valence-electron chi connectivity index (χ0n) is 19.7. The summed E-state index contributed by atoms with van der Waals surface area (Å²) in [6.07, 6.45) is 3.15. The summed E-state index contributed by atoms with van der Waals surface area (Å²) in [6.45, 7) is 7.03. The molecule has 2 unspecified atom stereocenters. The molecule has 0 bridgehead atoms. The van der Waals surface area contributed by atoms with E-state index in [9.17, 15) is 18.7 Å². The van der Waals surface area contributed by atoms with Crippen molar-refractivity contribution in [1.82, 2.24) is 15.3 Å². The Hall–Kier alpha value is -3.10. The lowest BCUT2D eigenvalue weighted by atomic mass is 9.87. The van der Waals surface area contributed by atoms with Gasteiger partial charge in [-0.2, -0.15) is 0 Å². The van der Waals surface area contributed by atoms with Gasteiger partial charge in [-0.3, -0.25) is 4.79 Å². The number of benzene rings is 2. The van der Waals surface area contributed by atoms with Crippen LogP contribution in [0.5, 0.6) is 0 Å². The molecule has 2 aromatic carbocycles. The molecule has 2 atom stereocenters. The number of carbonyl (C=O) groups is 1. The van der Waals surface area contributed by atoms with E-state index in [1.807, 2.05) is 6.07 Å². The van der Waals surface area contributed by atoms with Gasteiger partial charge in [-0.15, -0.1) is 0 Å². The van der Waals surface area contributed by atoms with E-state index in [4.69, 9.17) is 5.73 Å². The number of aromatic nitrogens is 2. The number of rotatable bonds is 10. The van der Waals surface area contributed by atoms with Gasteiger partial charge in [0.25, 0.3) is 0 Å². The fourth-order valence-electron chi connectivity index (χ4n) is 4.07. The number of carbonyl (C=O) groups excluding carboxylic acids is 1. The second kappa shape index (κ2) is 10.9. The first-order valence-corrected chi connectivity index (χ1v) is 11.3. The van der Waals surface area contributed by atoms with E-state index >= 15 is 0 Å². The molecule has 6 nitrogen and oxygen atoms in total. The van der Waals surface area contributed by atoms with E-state index in [0.717, 1.165) is 41.6 Å². The summed E-state index contributed by atoms with van der Waals surface area (Å²) in [5.41, 5.74) is 8.98. The number of aromatic amines is 1. The zero-order chi connectivity index (χ0) is 24.9. The Morgan fingerprint density at radius 1 is 1.15 bits per heavy atom. The van der Waals surface area contributed by atoms with Crippen LogP contribution in [0.1, 0.15) is 37.5 Å². The Kier molecular flexibility index (Phi) is 8.17. The third-order valence-corrected chi connectivity index (χ3v) is 5.53. The van der Waals surface area contributed by atoms with Crippen LogP contribution in [0.2, 0.25) is 0 Å². The maximum Gasteiger partial charge on any atom is 0.223 e. The number of hydrogen-bond donors (Lipinski definition) is 4. The van der Waals surface area contributed by atoms with Gasteiger partial charge in [0.1, 0.15) is 17.5 Å². The number of primary amides is 1. The van der Waals surface area contributed by atoms with Crippen LogP contribution >= 0.6 is 0 Å². The van der Waals surface area contributed by atoms with E-state index in [0.29, 0.717) is 6.54 Å². The van der Waals surface area contributed by atoms with Crippen LogP contribution in [0.25, 0.3) is 11.4 Å². The molecular formula is C26H32F2N4O2. The standard InChI is InChI=1S/C26H32F2N4O2/c1-26(2,3)13-16-4-5-21(25-31-6-7-32-25)18(8-16)14-30-15-23(33)22(24(29)34)11-17-9-19(27)12-20(28)10-17/h4-10,12,22-23,30,33H,11,13-15H2,1-3H3,(H2,29,34)(H,31,32). The predicted molar refractivity (Wildman–Crippen MR) is 128 cm³/mol. The Labute approximate surface area is 198 Å². The molecule has 3 aromatic rings. The highest BCUT2D eigenvalue weighted by atomic mass is 19.1. The first-order valence-electron chi connectivity index (χ1n) is 11.3. The number of halogens is 2. The van der Waals surface area contributed by atoms with Gasteiger partial charge in [-0.05, 0) is 47.1 Å². The number of hydrogen-bond acceptors (Lipinski definition) is 4. The maximum atomic E-state index is 13.5. The van der Waals surface area contributed by atoms with Crippen molar-refractivity contribution in [2.75, 3.05) is 6.54 Å². The smallest absolute Gasteiger partial charge is 0.223 e. The quantitative estimate of drug-likeness (QED) is 0.362. The number of H-pyrrole nitrogens is 1. The molecule has 0 aliphatic carbocycles. The molecule has 0 aliphatic heterocycles. The van der Waals surface area contributed by atoms with Crippen LogP contribution < -0.4 is 11.1 Å². The monoisotopic (exact) mass is 470 g/mol. The minimum absolute atomic E-state index is 0.0639. The fraction of sp³-hybridized carbons (Fsp3) is 0.385. The summed E-state index contributed by atoms with van der Waals surface area (Å²) in [5, 5.41) is 13.8. The average Bonchev–Trinajstić information content (AvgIpc) is 3.24. The number of nitrogens with zero attached hydrogens (tertiary/aromatic N) is 1. The minimum atomic E-state index is -1.13. The van der Waals surface area contributed by atoms with Gasteiger partial charge in [0, 0.05) is 37.1 Å². The summed E-state index contributed by atoms with van der Waals surface area (Å²) < 4.78 is 27.0. The fourth-order valence-corrected chi connectivity index (χ4v) is 4.07. The lowest BCUT2D eigenvalue weighted by Crippen LogP contribution is -2.41. The Balaban J connectivity index is 1.71. The molecule has 182 valence electrons. The van der Waals surface area contributed by atoms with Gasteiger partial charge in [0.05, 0.1) is 12.0 Å². The van der Waals surface area contributed by atoms with Crippen molar-refractivity contribution in [2.45, 2.75) is 46.3 Å². The molecule has 34 heavy (non-hydrogen) atoms. The molecule has 0 aliphatic rings. The van der Waals surface area contributed by atoms with Crippen LogP contribution in [0, 0.1) is 23.0 Å². The SMILES string of the molecule is CC(C)(C)Cc1ccc(-c2ncc[nH]2)c(CNCC(O)C(Cc2cc(F)cc(F)c2)C(N)=O)c1. The number of aliphatic hydroxyl groups excluding tert-OH is 1. The molecule has 5 N–H and O–H groups in total. The van der Waals surface area contributed by atoms with Crippen molar-refractivity contribution in [3.63, 3.8) is 0 Å². The predicted octanol–water partition coefficient (Wildman–Crippen LogP) is 3.74. The number of nitrogens with two attached hydrogens (primary N) is 1. The number of amides is 1. The zero-order valence-corrected chi connectivity index (χ0v) is 19.7. The lowest BCUT2D eigenvalue weighted by molar-refractivity contribution is -0.125. The van der Waals surface area contributed by atoms with Crippen molar-refractivity contribution >= 4 is 5.91 Å². The molecule has 0 saturated carbocycles. The third kappa shape index (κ3) is 7.20. The highest BCUT2D eigenvalue weighted by Crippen LogP contribution is 2.26. The molecule has 8 heteroatoms. The van der Waals surface area contributed by atoms with Crippen LogP contribution in [0.15, 0.2) is 48.8 Å². The van der Waals surface area contributed by atoms with E-state index in [1.54, 1.807) is 12.4 Å². The van der Waals surface area contributed by atoms with Crippen molar-refractivity contribution in [3.05, 3.63) is 77.1 Å². The number of nitrogens with one attached hydrogen (secondary N) is 2. The van der Waals surface area contributed by atoms with Crippen LogP contribution in [0.3, 0.4) is 0 Å². The van der Waals surface area contributed by atoms with Crippen LogP contribution in [-0.2, 0) is 24.2 Å². The molecule has 3 rings (SSSR count). The molecule has 1 heterocycles. The van der Waals surface area contributed by atoms with Gasteiger partial charge in [0.2, 0.25) is 5.91 Å². The van der Waals surface area contributed by atoms with E-state index < -0.39 is 29.6 Å². The summed E-state index contributed by atoms with van der Waals surface area (Å²) >= 11 is 0. The second-order valence-electron chi connectivity index (χ2n) is 9.86. The minimum Gasteiger partial charge on any atom is -0.391 e. The molecule has 0 radical (unpaired) electrons. The van der Waals surface area contributed by atoms with Crippen molar-refractivity contribution in [3.8, 4) is 11.4 Å². The summed E-state index contributed by atoms with van der Waals surface area (Å²) in [7, 11) is 0. The van der Waals surface area contributed by atoms with Gasteiger partial charge in [-0.1, -0.05) is 39.0 Å². The first-order chi connectivity index (χ1) is 16.0. The summed E-state index contributed by atoms with van der Waals surface area (Å²) in [6, 6.07) is 9.25. The highest BCUT2D eigenvalue weighted by molar-refractivity contribution is 5.77. The largest absolute Gasteiger partial charge is 0.391 e. The summed E-state index contributed by atoms with van der Waals surface area (Å²) in [5.74, 6) is -2.48. The van der Waals surface area contributed by atoms with Gasteiger partial charge in [0.15, 0.2) is 0 Å². The Bertz CT molecular complexity index is 1090. The van der Waals surface area contributed by atoms with Crippen LogP contribution in [0.4, 0.5) is 8.78 Å². The van der Waals surface area contributed by atoms with E-state index in [-0.39, 0.29) is 23.9 Å². The maximum absolute atomic E-state index is 13.5. The Morgan fingerprint density at radius 2 is 1.85 bits per heavy atom. The normalized spacial score (nSPS) is 13.6. The molecule has 0 saturated heterocycles. The molecule has 1 amide bonds. The first kappa shape index (κ1) is 25.5. The van der Waals surface area contributed by atoms with Crippen LogP contribution in [-0.4, -0.2) is 33.6 Å². The van der Waals surface area contributed by atoms with Gasteiger partial charge < -0.3 is 21.1 Å². The highest BCUT2D eigenvalue weighted by Gasteiger charge is 2.25. The van der Waals surface area contributed by atoms with Gasteiger partial charge >= 0.3 is 0 Å². The van der Waals surface area contributed by atoms with E-state index in [2.05, 4.69) is 48.2 Å². The number of imidazole rings is 1. The van der Waals surface area contributed by atoms with Crippen molar-refractivity contribution in [2.24, 2.45) is 17.1 Å². The lowest BCUT2D eigenvalue weighted by Gasteiger charge is -2.22. The molecule has 0 spiro atoms. The number of aliphatic hydroxyl groups is 1. The van der Waals surface area contributed by atoms with Gasteiger partial charge in [-0.25, -0.2) is 13.8 Å². The average molecular weight is 471 g/mol. The third-order valence-electron chi connectivity index (χ3n) is 5.53. The van der Waals surface area contributed by atoms with E-state index in [1.165, 1.54) is 5.56 Å². The summed E-state index contributed by atoms with van der Waals surface area (Å²) in [4.78, 5) is 19.4. The van der Waals surface area contributed by atoms with Crippen molar-refractivity contribution < 1.29 is 18.7 Å². The molecule has 1 aromatic heterocycles. The second-order valence-corrected chi connectivity index (χ2v) is 9.86. The topological polar surface area (TPSA) is 104 Å². The molecule has 0 fully saturated rings. The van der Waals surface area contributed by atoms with Crippen molar-refractivity contribution in [1.29, 1.82) is 0 Å².